The number of amides is 1. The Hall–Kier alpha value is -0.660. The summed E-state index contributed by atoms with van der Waals surface area (Å²) < 4.78 is 29.9. The minimum Gasteiger partial charge on any atom is -0.343 e. The van der Waals surface area contributed by atoms with E-state index in [4.69, 9.17) is 0 Å². The van der Waals surface area contributed by atoms with Crippen molar-refractivity contribution in [1.82, 2.24) is 13.9 Å². The molecule has 25 heavy (non-hydrogen) atoms. The molecule has 0 aromatic heterocycles. The Labute approximate surface area is 154 Å². The van der Waals surface area contributed by atoms with Crippen molar-refractivity contribution in [2.45, 2.75) is 78.7 Å². The van der Waals surface area contributed by atoms with E-state index in [0.29, 0.717) is 51.4 Å². The van der Waals surface area contributed by atoms with E-state index in [2.05, 4.69) is 18.6 Å². The number of rotatable bonds is 11. The fourth-order valence-corrected chi connectivity index (χ4v) is 4.58. The van der Waals surface area contributed by atoms with Gasteiger partial charge in [-0.3, -0.25) is 4.79 Å². The van der Waals surface area contributed by atoms with Gasteiger partial charge in [0.15, 0.2) is 0 Å². The van der Waals surface area contributed by atoms with Crippen LogP contribution in [-0.4, -0.2) is 55.8 Å². The minimum absolute atomic E-state index is 0.0705. The molecule has 0 radical (unpaired) electrons. The molecule has 0 aromatic rings. The zero-order valence-corrected chi connectivity index (χ0v) is 17.3. The van der Waals surface area contributed by atoms with E-state index < -0.39 is 10.2 Å². The Kier molecular flexibility index (Phi) is 9.97. The van der Waals surface area contributed by atoms with Gasteiger partial charge in [-0.1, -0.05) is 40.5 Å². The summed E-state index contributed by atoms with van der Waals surface area (Å²) in [7, 11) is -3.44. The molecule has 0 saturated carbocycles. The van der Waals surface area contributed by atoms with Gasteiger partial charge in [0.25, 0.3) is 10.2 Å². The Balaban J connectivity index is 2.54. The van der Waals surface area contributed by atoms with Gasteiger partial charge in [-0.25, -0.2) is 0 Å². The first-order valence-electron chi connectivity index (χ1n) is 9.85. The van der Waals surface area contributed by atoms with Gasteiger partial charge in [-0.2, -0.15) is 17.4 Å². The summed E-state index contributed by atoms with van der Waals surface area (Å²) in [6, 6.07) is -0.0705. The van der Waals surface area contributed by atoms with Crippen LogP contribution in [0.5, 0.6) is 0 Å². The van der Waals surface area contributed by atoms with Crippen LogP contribution in [0.2, 0.25) is 0 Å². The number of hydrogen-bond acceptors (Lipinski definition) is 3. The average molecular weight is 376 g/mol. The maximum absolute atomic E-state index is 12.7. The minimum atomic E-state index is -3.44. The van der Waals surface area contributed by atoms with Crippen molar-refractivity contribution in [1.29, 1.82) is 0 Å². The van der Waals surface area contributed by atoms with Crippen molar-refractivity contribution >= 4 is 16.1 Å². The van der Waals surface area contributed by atoms with E-state index in [1.807, 2.05) is 18.7 Å². The van der Waals surface area contributed by atoms with Crippen molar-refractivity contribution in [2.75, 3.05) is 26.2 Å². The van der Waals surface area contributed by atoms with Crippen molar-refractivity contribution in [3.05, 3.63) is 0 Å². The van der Waals surface area contributed by atoms with Gasteiger partial charge < -0.3 is 4.90 Å². The van der Waals surface area contributed by atoms with Gasteiger partial charge in [0.1, 0.15) is 0 Å². The van der Waals surface area contributed by atoms with Crippen LogP contribution in [0.4, 0.5) is 0 Å². The van der Waals surface area contributed by atoms with Gasteiger partial charge in [-0.15, -0.1) is 0 Å². The molecule has 0 unspecified atom stereocenters. The molecule has 1 heterocycles. The van der Waals surface area contributed by atoms with Crippen molar-refractivity contribution in [2.24, 2.45) is 5.92 Å². The van der Waals surface area contributed by atoms with E-state index >= 15 is 0 Å². The molecule has 1 aliphatic heterocycles. The maximum Gasteiger partial charge on any atom is 0.279 e. The lowest BCUT2D eigenvalue weighted by Gasteiger charge is -2.34. The van der Waals surface area contributed by atoms with E-state index in [0.717, 1.165) is 25.7 Å². The smallest absolute Gasteiger partial charge is 0.279 e. The van der Waals surface area contributed by atoms with Gasteiger partial charge >= 0.3 is 0 Å². The van der Waals surface area contributed by atoms with E-state index in [1.54, 1.807) is 4.31 Å². The highest BCUT2D eigenvalue weighted by Gasteiger charge is 2.28. The molecule has 1 rings (SSSR count). The van der Waals surface area contributed by atoms with Crippen LogP contribution in [-0.2, 0) is 15.0 Å². The molecule has 6 nitrogen and oxygen atoms in total. The standard InChI is InChI=1S/C18H37N3O3S/c1-5-7-11-21(12-8-6-2)25(23,24)19-17-9-13-20(14-10-17)18(22)15-16(3)4/h16-17,19H,5-15H2,1-4H3. The fraction of sp³-hybridized carbons (Fsp3) is 0.944. The zero-order chi connectivity index (χ0) is 18.9. The number of piperidine rings is 1. The van der Waals surface area contributed by atoms with Gasteiger partial charge in [0.2, 0.25) is 5.91 Å². The molecule has 1 aliphatic rings. The summed E-state index contributed by atoms with van der Waals surface area (Å²) in [6.45, 7) is 10.7. The lowest BCUT2D eigenvalue weighted by molar-refractivity contribution is -0.133. The number of carbonyl (C=O) groups excluding carboxylic acids is 1. The summed E-state index contributed by atoms with van der Waals surface area (Å²) in [6.07, 6.45) is 5.68. The van der Waals surface area contributed by atoms with Gasteiger partial charge in [-0.05, 0) is 31.6 Å². The molecule has 0 aromatic carbocycles. The molecule has 148 valence electrons. The molecule has 1 fully saturated rings. The largest absolute Gasteiger partial charge is 0.343 e. The first-order valence-corrected chi connectivity index (χ1v) is 11.3. The lowest BCUT2D eigenvalue weighted by Crippen LogP contribution is -2.50. The third-order valence-corrected chi connectivity index (χ3v) is 6.28. The molecule has 0 aliphatic carbocycles. The Morgan fingerprint density at radius 1 is 1.12 bits per heavy atom. The lowest BCUT2D eigenvalue weighted by atomic mass is 10.0. The first-order chi connectivity index (χ1) is 11.8. The molecular weight excluding hydrogens is 338 g/mol. The molecule has 1 saturated heterocycles. The van der Waals surface area contributed by atoms with Crippen LogP contribution in [0.15, 0.2) is 0 Å². The van der Waals surface area contributed by atoms with Crippen LogP contribution < -0.4 is 4.72 Å². The zero-order valence-electron chi connectivity index (χ0n) is 16.5. The highest BCUT2D eigenvalue weighted by molar-refractivity contribution is 7.87. The fourth-order valence-electron chi connectivity index (χ4n) is 3.03. The van der Waals surface area contributed by atoms with Crippen LogP contribution in [0.3, 0.4) is 0 Å². The average Bonchev–Trinajstić information content (AvgIpc) is 2.54. The SMILES string of the molecule is CCCCN(CCCC)S(=O)(=O)NC1CCN(C(=O)CC(C)C)CC1. The summed E-state index contributed by atoms with van der Waals surface area (Å²) in [5.41, 5.74) is 0. The van der Waals surface area contributed by atoms with E-state index in [-0.39, 0.29) is 11.9 Å². The predicted octanol–water partition coefficient (Wildman–Crippen LogP) is 2.76. The third kappa shape index (κ3) is 8.05. The molecule has 1 N–H and O–H groups in total. The first kappa shape index (κ1) is 22.4. The van der Waals surface area contributed by atoms with Crippen molar-refractivity contribution < 1.29 is 13.2 Å². The summed E-state index contributed by atoms with van der Waals surface area (Å²) in [4.78, 5) is 14.0. The Morgan fingerprint density at radius 3 is 2.08 bits per heavy atom. The summed E-state index contributed by atoms with van der Waals surface area (Å²) >= 11 is 0. The molecule has 0 atom stereocenters. The van der Waals surface area contributed by atoms with Gasteiger partial charge in [0.05, 0.1) is 0 Å². The highest BCUT2D eigenvalue weighted by Crippen LogP contribution is 2.15. The van der Waals surface area contributed by atoms with Gasteiger partial charge in [0, 0.05) is 38.6 Å². The maximum atomic E-state index is 12.7. The number of likely N-dealkylation sites (tertiary alicyclic amines) is 1. The normalized spacial score (nSPS) is 16.8. The summed E-state index contributed by atoms with van der Waals surface area (Å²) in [5.74, 6) is 0.540. The Bertz CT molecular complexity index is 478. The quantitative estimate of drug-likeness (QED) is 0.604. The second kappa shape index (κ2) is 11.1. The third-order valence-electron chi connectivity index (χ3n) is 4.61. The number of unbranched alkanes of at least 4 members (excludes halogenated alkanes) is 2. The van der Waals surface area contributed by atoms with Crippen molar-refractivity contribution in [3.63, 3.8) is 0 Å². The predicted molar refractivity (Wildman–Crippen MR) is 103 cm³/mol. The number of nitrogens with one attached hydrogen (secondary N) is 1. The summed E-state index contributed by atoms with van der Waals surface area (Å²) in [5, 5.41) is 0. The van der Waals surface area contributed by atoms with Crippen LogP contribution >= 0.6 is 0 Å². The van der Waals surface area contributed by atoms with Crippen molar-refractivity contribution in [3.8, 4) is 0 Å². The van der Waals surface area contributed by atoms with E-state index in [9.17, 15) is 13.2 Å². The molecular formula is C18H37N3O3S. The molecule has 7 heteroatoms. The van der Waals surface area contributed by atoms with Crippen LogP contribution in [0.25, 0.3) is 0 Å². The number of hydrogen-bond donors (Lipinski definition) is 1. The van der Waals surface area contributed by atoms with Crippen LogP contribution in [0, 0.1) is 5.92 Å². The highest BCUT2D eigenvalue weighted by atomic mass is 32.2. The topological polar surface area (TPSA) is 69.7 Å². The number of nitrogens with zero attached hydrogens (tertiary/aromatic N) is 2. The van der Waals surface area contributed by atoms with Crippen LogP contribution in [0.1, 0.15) is 72.6 Å². The Morgan fingerprint density at radius 2 is 1.64 bits per heavy atom. The number of carbonyl (C=O) groups is 1. The second-order valence-corrected chi connectivity index (χ2v) is 9.18. The monoisotopic (exact) mass is 375 g/mol. The molecule has 0 bridgehead atoms. The molecule has 1 amide bonds. The van der Waals surface area contributed by atoms with E-state index in [1.165, 1.54) is 0 Å². The molecule has 0 spiro atoms. The second-order valence-electron chi connectivity index (χ2n) is 7.48.